The quantitative estimate of drug-likeness (QED) is 0.609. The van der Waals surface area contributed by atoms with Crippen molar-refractivity contribution in [3.8, 4) is 0 Å². The topological polar surface area (TPSA) is 112 Å². The van der Waals surface area contributed by atoms with E-state index in [1.165, 1.54) is 24.1 Å². The van der Waals surface area contributed by atoms with Crippen molar-refractivity contribution in [1.82, 2.24) is 15.0 Å². The number of para-hydroxylation sites is 1. The van der Waals surface area contributed by atoms with Gasteiger partial charge in [-0.25, -0.2) is 14.3 Å². The lowest BCUT2D eigenvalue weighted by molar-refractivity contribution is -0.119. The van der Waals surface area contributed by atoms with Gasteiger partial charge in [-0.15, -0.1) is 5.10 Å². The van der Waals surface area contributed by atoms with E-state index in [0.29, 0.717) is 6.54 Å². The van der Waals surface area contributed by atoms with Gasteiger partial charge in [-0.2, -0.15) is 0 Å². The summed E-state index contributed by atoms with van der Waals surface area (Å²) in [6, 6.07) is 15.9. The summed E-state index contributed by atoms with van der Waals surface area (Å²) in [6.45, 7) is -0.0915. The Morgan fingerprint density at radius 1 is 1.00 bits per heavy atom. The van der Waals surface area contributed by atoms with Crippen molar-refractivity contribution in [3.63, 3.8) is 0 Å². The van der Waals surface area contributed by atoms with Crippen molar-refractivity contribution in [1.29, 1.82) is 0 Å². The maximum Gasteiger partial charge on any atom is 0.361 e. The maximum absolute atomic E-state index is 12.1. The highest BCUT2D eigenvalue weighted by molar-refractivity contribution is 6.02. The SMILES string of the molecule is COC(=O)c1ccccc1NC(=O)COC(=O)c1cn(Cc2ccccc2)nn1. The Kier molecular flexibility index (Phi) is 6.31. The van der Waals surface area contributed by atoms with Crippen LogP contribution in [-0.2, 0) is 20.8 Å². The summed E-state index contributed by atoms with van der Waals surface area (Å²) in [5, 5.41) is 10.2. The van der Waals surface area contributed by atoms with E-state index in [0.717, 1.165) is 5.56 Å². The van der Waals surface area contributed by atoms with Crippen LogP contribution >= 0.6 is 0 Å². The van der Waals surface area contributed by atoms with Crippen LogP contribution in [0.4, 0.5) is 5.69 Å². The van der Waals surface area contributed by atoms with Crippen LogP contribution in [0.5, 0.6) is 0 Å². The van der Waals surface area contributed by atoms with E-state index in [1.54, 1.807) is 18.2 Å². The molecule has 9 nitrogen and oxygen atoms in total. The average Bonchev–Trinajstić information content (AvgIpc) is 3.21. The summed E-state index contributed by atoms with van der Waals surface area (Å²) in [5.74, 6) is -1.97. The number of hydrogen-bond acceptors (Lipinski definition) is 7. The molecular formula is C20H18N4O5. The van der Waals surface area contributed by atoms with Crippen LogP contribution in [0.15, 0.2) is 60.8 Å². The fourth-order valence-electron chi connectivity index (χ4n) is 2.51. The lowest BCUT2D eigenvalue weighted by Gasteiger charge is -2.09. The molecule has 0 spiro atoms. The molecule has 2 aromatic carbocycles. The summed E-state index contributed by atoms with van der Waals surface area (Å²) < 4.78 is 11.1. The van der Waals surface area contributed by atoms with Crippen molar-refractivity contribution in [2.24, 2.45) is 0 Å². The van der Waals surface area contributed by atoms with Crippen molar-refractivity contribution in [2.45, 2.75) is 6.54 Å². The zero-order valence-corrected chi connectivity index (χ0v) is 15.6. The molecular weight excluding hydrogens is 376 g/mol. The Morgan fingerprint density at radius 3 is 2.48 bits per heavy atom. The van der Waals surface area contributed by atoms with Gasteiger partial charge in [0, 0.05) is 0 Å². The second-order valence-electron chi connectivity index (χ2n) is 5.95. The van der Waals surface area contributed by atoms with E-state index >= 15 is 0 Å². The second-order valence-corrected chi connectivity index (χ2v) is 5.95. The highest BCUT2D eigenvalue weighted by Crippen LogP contribution is 2.16. The number of ether oxygens (including phenoxy) is 2. The molecule has 0 unspecified atom stereocenters. The monoisotopic (exact) mass is 394 g/mol. The molecule has 0 radical (unpaired) electrons. The Hall–Kier alpha value is -4.01. The Morgan fingerprint density at radius 2 is 1.72 bits per heavy atom. The van der Waals surface area contributed by atoms with E-state index in [-0.39, 0.29) is 16.9 Å². The number of methoxy groups -OCH3 is 1. The number of esters is 2. The highest BCUT2D eigenvalue weighted by Gasteiger charge is 2.17. The molecule has 0 atom stereocenters. The molecule has 1 N–H and O–H groups in total. The first-order chi connectivity index (χ1) is 14.1. The molecule has 1 amide bonds. The van der Waals surface area contributed by atoms with Crippen LogP contribution in [0.1, 0.15) is 26.4 Å². The Bertz CT molecular complexity index is 1020. The lowest BCUT2D eigenvalue weighted by Crippen LogP contribution is -2.22. The standard InChI is InChI=1S/C20H18N4O5/c1-28-19(26)15-9-5-6-10-16(15)21-18(25)13-29-20(27)17-12-24(23-22-17)11-14-7-3-2-4-8-14/h2-10,12H,11,13H2,1H3,(H,21,25). The molecule has 0 saturated carbocycles. The van der Waals surface area contributed by atoms with Crippen LogP contribution in [0.2, 0.25) is 0 Å². The number of hydrogen-bond donors (Lipinski definition) is 1. The maximum atomic E-state index is 12.1. The number of nitrogens with one attached hydrogen (secondary N) is 1. The number of aromatic nitrogens is 3. The summed E-state index contributed by atoms with van der Waals surface area (Å²) in [5.41, 5.74) is 1.44. The molecule has 0 bridgehead atoms. The third kappa shape index (κ3) is 5.25. The number of nitrogens with zero attached hydrogens (tertiary/aromatic N) is 3. The summed E-state index contributed by atoms with van der Waals surface area (Å²) in [4.78, 5) is 35.9. The minimum Gasteiger partial charge on any atom is -0.465 e. The number of carbonyl (C=O) groups excluding carboxylic acids is 3. The predicted octanol–water partition coefficient (Wildman–Crippen LogP) is 1.91. The van der Waals surface area contributed by atoms with Crippen molar-refractivity contribution in [3.05, 3.63) is 77.6 Å². The van der Waals surface area contributed by atoms with Crippen molar-refractivity contribution >= 4 is 23.5 Å². The van der Waals surface area contributed by atoms with Crippen LogP contribution < -0.4 is 5.32 Å². The molecule has 9 heteroatoms. The third-order valence-corrected chi connectivity index (χ3v) is 3.88. The molecule has 148 valence electrons. The fourth-order valence-corrected chi connectivity index (χ4v) is 2.51. The predicted molar refractivity (Wildman–Crippen MR) is 102 cm³/mol. The average molecular weight is 394 g/mol. The van der Waals surface area contributed by atoms with Gasteiger partial charge in [-0.1, -0.05) is 47.7 Å². The number of carbonyl (C=O) groups is 3. The number of anilines is 1. The van der Waals surface area contributed by atoms with Crippen LogP contribution in [0, 0.1) is 0 Å². The molecule has 3 aromatic rings. The van der Waals surface area contributed by atoms with E-state index in [4.69, 9.17) is 4.74 Å². The first-order valence-electron chi connectivity index (χ1n) is 8.65. The zero-order chi connectivity index (χ0) is 20.6. The van der Waals surface area contributed by atoms with Gasteiger partial charge < -0.3 is 14.8 Å². The smallest absolute Gasteiger partial charge is 0.361 e. The number of rotatable bonds is 7. The normalized spacial score (nSPS) is 10.2. The molecule has 0 aliphatic rings. The van der Waals surface area contributed by atoms with Crippen molar-refractivity contribution < 1.29 is 23.9 Å². The van der Waals surface area contributed by atoms with Gasteiger partial charge in [0.15, 0.2) is 12.3 Å². The lowest BCUT2D eigenvalue weighted by atomic mass is 10.2. The molecule has 0 aliphatic carbocycles. The molecule has 0 fully saturated rings. The van der Waals surface area contributed by atoms with Gasteiger partial charge in [-0.3, -0.25) is 4.79 Å². The van der Waals surface area contributed by atoms with E-state index < -0.39 is 24.5 Å². The molecule has 0 saturated heterocycles. The van der Waals surface area contributed by atoms with Gasteiger partial charge >= 0.3 is 11.9 Å². The highest BCUT2D eigenvalue weighted by atomic mass is 16.5. The second kappa shape index (κ2) is 9.27. The molecule has 29 heavy (non-hydrogen) atoms. The van der Waals surface area contributed by atoms with Gasteiger partial charge in [-0.05, 0) is 17.7 Å². The third-order valence-electron chi connectivity index (χ3n) is 3.88. The van der Waals surface area contributed by atoms with Crippen LogP contribution in [0.3, 0.4) is 0 Å². The molecule has 1 aromatic heterocycles. The van der Waals surface area contributed by atoms with Gasteiger partial charge in [0.1, 0.15) is 0 Å². The molecule has 0 aliphatic heterocycles. The van der Waals surface area contributed by atoms with Gasteiger partial charge in [0.25, 0.3) is 5.91 Å². The first kappa shape index (κ1) is 19.7. The summed E-state index contributed by atoms with van der Waals surface area (Å²) in [7, 11) is 1.24. The summed E-state index contributed by atoms with van der Waals surface area (Å²) >= 11 is 0. The summed E-state index contributed by atoms with van der Waals surface area (Å²) in [6.07, 6.45) is 1.44. The van der Waals surface area contributed by atoms with Gasteiger partial charge in [0.2, 0.25) is 0 Å². The van der Waals surface area contributed by atoms with E-state index in [2.05, 4.69) is 20.4 Å². The van der Waals surface area contributed by atoms with Crippen LogP contribution in [-0.4, -0.2) is 46.6 Å². The molecule has 3 rings (SSSR count). The van der Waals surface area contributed by atoms with E-state index in [1.807, 2.05) is 30.3 Å². The zero-order valence-electron chi connectivity index (χ0n) is 15.6. The first-order valence-corrected chi connectivity index (χ1v) is 8.65. The van der Waals surface area contributed by atoms with Crippen molar-refractivity contribution in [2.75, 3.05) is 19.0 Å². The Labute approximate surface area is 166 Å². The number of benzene rings is 2. The van der Waals surface area contributed by atoms with Crippen LogP contribution in [0.25, 0.3) is 0 Å². The fraction of sp³-hybridized carbons (Fsp3) is 0.150. The number of amides is 1. The Balaban J connectivity index is 1.55. The minimum absolute atomic E-state index is 0.0105. The van der Waals surface area contributed by atoms with Gasteiger partial charge in [0.05, 0.1) is 31.1 Å². The minimum atomic E-state index is -0.777. The largest absolute Gasteiger partial charge is 0.465 e. The van der Waals surface area contributed by atoms with E-state index in [9.17, 15) is 14.4 Å². The molecule has 1 heterocycles.